The Labute approximate surface area is 133 Å². The largest absolute Gasteiger partial charge is 0.260 e. The summed E-state index contributed by atoms with van der Waals surface area (Å²) in [7, 11) is -0.533. The second-order valence-corrected chi connectivity index (χ2v) is 8.60. The standard InChI is InChI=1S/C20H20NP/c1-20(2,19-15-9-10-16-21-19)22(17-11-5-3-6-12-17)18-13-7-4-8-14-18/h3-16H,1-2H3. The monoisotopic (exact) mass is 305 g/mol. The summed E-state index contributed by atoms with van der Waals surface area (Å²) >= 11 is 0. The summed E-state index contributed by atoms with van der Waals surface area (Å²) in [5.74, 6) is 0. The van der Waals surface area contributed by atoms with Gasteiger partial charge < -0.3 is 0 Å². The lowest BCUT2D eigenvalue weighted by Gasteiger charge is -2.35. The summed E-state index contributed by atoms with van der Waals surface area (Å²) < 4.78 is 0. The molecule has 110 valence electrons. The summed E-state index contributed by atoms with van der Waals surface area (Å²) in [5.41, 5.74) is 1.15. The zero-order valence-corrected chi connectivity index (χ0v) is 13.9. The zero-order chi connectivity index (χ0) is 15.4. The molecule has 3 rings (SSSR count). The van der Waals surface area contributed by atoms with Crippen LogP contribution in [-0.2, 0) is 5.16 Å². The number of hydrogen-bond donors (Lipinski definition) is 0. The van der Waals surface area contributed by atoms with Crippen molar-refractivity contribution in [3.8, 4) is 0 Å². The third-order valence-electron chi connectivity index (χ3n) is 3.88. The second kappa shape index (κ2) is 6.42. The van der Waals surface area contributed by atoms with Gasteiger partial charge in [-0.25, -0.2) is 0 Å². The Bertz CT molecular complexity index is 669. The van der Waals surface area contributed by atoms with Crippen molar-refractivity contribution in [2.24, 2.45) is 0 Å². The van der Waals surface area contributed by atoms with E-state index in [1.54, 1.807) is 0 Å². The first-order valence-electron chi connectivity index (χ1n) is 7.51. The van der Waals surface area contributed by atoms with E-state index in [1.165, 1.54) is 10.6 Å². The molecule has 0 aliphatic carbocycles. The second-order valence-electron chi connectivity index (χ2n) is 5.78. The van der Waals surface area contributed by atoms with Crippen LogP contribution < -0.4 is 10.6 Å². The van der Waals surface area contributed by atoms with E-state index in [-0.39, 0.29) is 5.16 Å². The smallest absolute Gasteiger partial charge is 0.0508 e. The van der Waals surface area contributed by atoms with Gasteiger partial charge >= 0.3 is 0 Å². The molecule has 0 bridgehead atoms. The molecule has 0 saturated heterocycles. The Balaban J connectivity index is 2.14. The van der Waals surface area contributed by atoms with Gasteiger partial charge in [0.15, 0.2) is 0 Å². The SMILES string of the molecule is CC(C)(c1ccccn1)P(c1ccccc1)c1ccccc1. The third kappa shape index (κ3) is 2.96. The highest BCUT2D eigenvalue weighted by molar-refractivity contribution is 7.74. The molecule has 2 aromatic carbocycles. The molecule has 0 unspecified atom stereocenters. The number of hydrogen-bond acceptors (Lipinski definition) is 1. The molecule has 0 aliphatic rings. The molecular formula is C20H20NP. The highest BCUT2D eigenvalue weighted by Crippen LogP contribution is 2.53. The lowest BCUT2D eigenvalue weighted by atomic mass is 10.1. The summed E-state index contributed by atoms with van der Waals surface area (Å²) in [6.45, 7) is 4.61. The van der Waals surface area contributed by atoms with Crippen LogP contribution in [0, 0.1) is 0 Å². The lowest BCUT2D eigenvalue weighted by Crippen LogP contribution is -2.28. The number of rotatable bonds is 4. The molecule has 0 spiro atoms. The maximum Gasteiger partial charge on any atom is 0.0508 e. The van der Waals surface area contributed by atoms with Crippen molar-refractivity contribution < 1.29 is 0 Å². The van der Waals surface area contributed by atoms with E-state index < -0.39 is 7.92 Å². The average Bonchev–Trinajstić information content (AvgIpc) is 2.58. The molecule has 2 heteroatoms. The molecule has 0 atom stereocenters. The van der Waals surface area contributed by atoms with Gasteiger partial charge in [0.2, 0.25) is 0 Å². The van der Waals surface area contributed by atoms with Crippen LogP contribution in [0.15, 0.2) is 85.1 Å². The van der Waals surface area contributed by atoms with Crippen LogP contribution in [-0.4, -0.2) is 4.98 Å². The first-order valence-corrected chi connectivity index (χ1v) is 8.85. The van der Waals surface area contributed by atoms with Crippen LogP contribution >= 0.6 is 7.92 Å². The predicted octanol–water partition coefficient (Wildman–Crippen LogP) is 4.45. The molecule has 3 aromatic rings. The van der Waals surface area contributed by atoms with Crippen molar-refractivity contribution in [1.29, 1.82) is 0 Å². The predicted molar refractivity (Wildman–Crippen MR) is 96.3 cm³/mol. The average molecular weight is 305 g/mol. The topological polar surface area (TPSA) is 12.9 Å². The Hall–Kier alpha value is -1.98. The van der Waals surface area contributed by atoms with Crippen LogP contribution in [0.25, 0.3) is 0 Å². The van der Waals surface area contributed by atoms with Crippen molar-refractivity contribution in [2.75, 3.05) is 0 Å². The van der Waals surface area contributed by atoms with Crippen molar-refractivity contribution in [1.82, 2.24) is 4.98 Å². The van der Waals surface area contributed by atoms with Crippen LogP contribution in [0.3, 0.4) is 0 Å². The van der Waals surface area contributed by atoms with Crippen molar-refractivity contribution in [3.05, 3.63) is 90.8 Å². The fraction of sp³-hybridized carbons (Fsp3) is 0.150. The first kappa shape index (κ1) is 14.9. The van der Waals surface area contributed by atoms with Crippen molar-refractivity contribution in [3.63, 3.8) is 0 Å². The molecule has 0 fully saturated rings. The Morgan fingerprint density at radius 2 is 1.18 bits per heavy atom. The summed E-state index contributed by atoms with van der Waals surface area (Å²) in [4.78, 5) is 4.64. The maximum atomic E-state index is 4.64. The molecule has 0 aliphatic heterocycles. The van der Waals surface area contributed by atoms with Crippen molar-refractivity contribution >= 4 is 18.5 Å². The fourth-order valence-electron chi connectivity index (χ4n) is 2.79. The van der Waals surface area contributed by atoms with Gasteiger partial charge in [-0.3, -0.25) is 4.98 Å². The lowest BCUT2D eigenvalue weighted by molar-refractivity contribution is 0.737. The minimum absolute atomic E-state index is 0.0285. The van der Waals surface area contributed by atoms with Gasteiger partial charge in [-0.05, 0) is 44.5 Å². The molecule has 0 radical (unpaired) electrons. The molecule has 1 heterocycles. The van der Waals surface area contributed by atoms with E-state index >= 15 is 0 Å². The highest BCUT2D eigenvalue weighted by atomic mass is 31.1. The third-order valence-corrected chi connectivity index (χ3v) is 6.86. The molecule has 22 heavy (non-hydrogen) atoms. The minimum Gasteiger partial charge on any atom is -0.260 e. The molecule has 0 N–H and O–H groups in total. The number of nitrogens with zero attached hydrogens (tertiary/aromatic N) is 1. The molecule has 0 amide bonds. The summed E-state index contributed by atoms with van der Waals surface area (Å²) in [6, 6.07) is 27.8. The van der Waals surface area contributed by atoms with Gasteiger partial charge in [0.25, 0.3) is 0 Å². The van der Waals surface area contributed by atoms with Crippen LogP contribution in [0.2, 0.25) is 0 Å². The van der Waals surface area contributed by atoms with E-state index in [4.69, 9.17) is 0 Å². The zero-order valence-electron chi connectivity index (χ0n) is 13.0. The number of pyridine rings is 1. The van der Waals surface area contributed by atoms with Gasteiger partial charge in [-0.2, -0.15) is 0 Å². The summed E-state index contributed by atoms with van der Waals surface area (Å²) in [5, 5.41) is 2.75. The summed E-state index contributed by atoms with van der Waals surface area (Å²) in [6.07, 6.45) is 1.89. The van der Waals surface area contributed by atoms with Gasteiger partial charge in [-0.15, -0.1) is 0 Å². The van der Waals surface area contributed by atoms with Gasteiger partial charge in [0.05, 0.1) is 5.69 Å². The van der Waals surface area contributed by atoms with E-state index in [1.807, 2.05) is 12.3 Å². The van der Waals surface area contributed by atoms with Crippen LogP contribution in [0.5, 0.6) is 0 Å². The molecule has 1 nitrogen and oxygen atoms in total. The van der Waals surface area contributed by atoms with Gasteiger partial charge in [-0.1, -0.05) is 66.7 Å². The van der Waals surface area contributed by atoms with Gasteiger partial charge in [0, 0.05) is 11.4 Å². The molecular weight excluding hydrogens is 285 g/mol. The van der Waals surface area contributed by atoms with Crippen LogP contribution in [0.1, 0.15) is 19.5 Å². The number of aromatic nitrogens is 1. The van der Waals surface area contributed by atoms with Gasteiger partial charge in [0.1, 0.15) is 0 Å². The minimum atomic E-state index is -0.533. The maximum absolute atomic E-state index is 4.64. The Morgan fingerprint density at radius 3 is 1.64 bits per heavy atom. The number of benzene rings is 2. The molecule has 1 aromatic heterocycles. The highest BCUT2D eigenvalue weighted by Gasteiger charge is 2.34. The Morgan fingerprint density at radius 1 is 0.682 bits per heavy atom. The van der Waals surface area contributed by atoms with Crippen molar-refractivity contribution in [2.45, 2.75) is 19.0 Å². The van der Waals surface area contributed by atoms with E-state index in [0.717, 1.165) is 5.69 Å². The Kier molecular flexibility index (Phi) is 4.36. The van der Waals surface area contributed by atoms with E-state index in [2.05, 4.69) is 91.6 Å². The van der Waals surface area contributed by atoms with E-state index in [0.29, 0.717) is 0 Å². The first-order chi connectivity index (χ1) is 10.7. The molecule has 0 saturated carbocycles. The quantitative estimate of drug-likeness (QED) is 0.649. The van der Waals surface area contributed by atoms with E-state index in [9.17, 15) is 0 Å². The fourth-order valence-corrected chi connectivity index (χ4v) is 5.68. The normalized spacial score (nSPS) is 11.6. The van der Waals surface area contributed by atoms with Crippen LogP contribution in [0.4, 0.5) is 0 Å².